The first kappa shape index (κ1) is 11.6. The summed E-state index contributed by atoms with van der Waals surface area (Å²) in [6, 6.07) is 1.02. The van der Waals surface area contributed by atoms with Gasteiger partial charge in [0.1, 0.15) is 5.82 Å². The summed E-state index contributed by atoms with van der Waals surface area (Å²) in [7, 11) is 0. The molecule has 1 aliphatic rings. The van der Waals surface area contributed by atoms with Gasteiger partial charge in [0.15, 0.2) is 0 Å². The SMILES string of the molecule is CCC1CCCCC1NC(C)c1ncc[nH]1. The third kappa shape index (κ3) is 2.64. The van der Waals surface area contributed by atoms with Crippen molar-refractivity contribution < 1.29 is 0 Å². The van der Waals surface area contributed by atoms with Crippen LogP contribution in [0.2, 0.25) is 0 Å². The van der Waals surface area contributed by atoms with Crippen molar-refractivity contribution in [3.05, 3.63) is 18.2 Å². The van der Waals surface area contributed by atoms with E-state index in [1.807, 2.05) is 12.4 Å². The van der Waals surface area contributed by atoms with Crippen molar-refractivity contribution in [1.29, 1.82) is 0 Å². The molecule has 0 radical (unpaired) electrons. The standard InChI is InChI=1S/C13H23N3/c1-3-11-6-4-5-7-12(11)16-10(2)13-14-8-9-15-13/h8-12,16H,3-7H2,1-2H3,(H,14,15). The molecule has 1 aromatic heterocycles. The molecule has 0 saturated heterocycles. The number of rotatable bonds is 4. The Morgan fingerprint density at radius 1 is 1.50 bits per heavy atom. The molecule has 0 bridgehead atoms. The van der Waals surface area contributed by atoms with Crippen LogP contribution >= 0.6 is 0 Å². The van der Waals surface area contributed by atoms with Crippen LogP contribution in [0.1, 0.15) is 57.8 Å². The molecule has 0 aromatic carbocycles. The maximum absolute atomic E-state index is 4.31. The molecular formula is C13H23N3. The third-order valence-corrected chi connectivity index (χ3v) is 3.83. The van der Waals surface area contributed by atoms with Crippen molar-refractivity contribution in [3.8, 4) is 0 Å². The van der Waals surface area contributed by atoms with Crippen LogP contribution in [-0.4, -0.2) is 16.0 Å². The minimum Gasteiger partial charge on any atom is -0.347 e. The molecule has 2 rings (SSSR count). The summed E-state index contributed by atoms with van der Waals surface area (Å²) in [4.78, 5) is 7.50. The smallest absolute Gasteiger partial charge is 0.122 e. The van der Waals surface area contributed by atoms with Gasteiger partial charge in [-0.15, -0.1) is 0 Å². The Hall–Kier alpha value is -0.830. The van der Waals surface area contributed by atoms with Gasteiger partial charge in [0.25, 0.3) is 0 Å². The molecule has 1 aliphatic carbocycles. The first-order valence-electron chi connectivity index (χ1n) is 6.56. The van der Waals surface area contributed by atoms with E-state index in [2.05, 4.69) is 29.1 Å². The summed E-state index contributed by atoms with van der Waals surface area (Å²) in [6.07, 6.45) is 10.5. The van der Waals surface area contributed by atoms with E-state index in [9.17, 15) is 0 Å². The normalized spacial score (nSPS) is 27.9. The van der Waals surface area contributed by atoms with Crippen LogP contribution in [-0.2, 0) is 0 Å². The van der Waals surface area contributed by atoms with Crippen LogP contribution in [0.3, 0.4) is 0 Å². The summed E-state index contributed by atoms with van der Waals surface area (Å²) in [5, 5.41) is 3.73. The molecule has 0 amide bonds. The summed E-state index contributed by atoms with van der Waals surface area (Å²) in [5.41, 5.74) is 0. The molecule has 3 unspecified atom stereocenters. The second-order valence-corrected chi connectivity index (χ2v) is 4.92. The van der Waals surface area contributed by atoms with Crippen molar-refractivity contribution in [1.82, 2.24) is 15.3 Å². The van der Waals surface area contributed by atoms with Crippen LogP contribution in [0.15, 0.2) is 12.4 Å². The zero-order chi connectivity index (χ0) is 11.4. The van der Waals surface area contributed by atoms with Crippen LogP contribution < -0.4 is 5.32 Å². The highest BCUT2D eigenvalue weighted by molar-refractivity contribution is 4.95. The highest BCUT2D eigenvalue weighted by atomic mass is 15.0. The summed E-state index contributed by atoms with van der Waals surface area (Å²) >= 11 is 0. The number of H-pyrrole nitrogens is 1. The van der Waals surface area contributed by atoms with Gasteiger partial charge in [0.05, 0.1) is 6.04 Å². The molecule has 1 aromatic rings. The molecule has 3 heteroatoms. The average Bonchev–Trinajstić information content (AvgIpc) is 2.83. The van der Waals surface area contributed by atoms with Gasteiger partial charge in [-0.3, -0.25) is 0 Å². The number of nitrogens with one attached hydrogen (secondary N) is 2. The van der Waals surface area contributed by atoms with Crippen molar-refractivity contribution in [3.63, 3.8) is 0 Å². The molecule has 2 N–H and O–H groups in total. The van der Waals surface area contributed by atoms with Gasteiger partial charge in [0.2, 0.25) is 0 Å². The van der Waals surface area contributed by atoms with Crippen LogP contribution in [0, 0.1) is 5.92 Å². The minimum absolute atomic E-state index is 0.340. The number of imidazole rings is 1. The lowest BCUT2D eigenvalue weighted by molar-refractivity contribution is 0.238. The zero-order valence-corrected chi connectivity index (χ0v) is 10.4. The predicted octanol–water partition coefficient (Wildman–Crippen LogP) is 3.03. The fourth-order valence-corrected chi connectivity index (χ4v) is 2.83. The van der Waals surface area contributed by atoms with Gasteiger partial charge < -0.3 is 10.3 Å². The van der Waals surface area contributed by atoms with Gasteiger partial charge in [0, 0.05) is 18.4 Å². The molecule has 3 nitrogen and oxygen atoms in total. The van der Waals surface area contributed by atoms with E-state index in [0.717, 1.165) is 11.7 Å². The molecule has 0 aliphatic heterocycles. The lowest BCUT2D eigenvalue weighted by Crippen LogP contribution is -2.39. The van der Waals surface area contributed by atoms with E-state index < -0.39 is 0 Å². The topological polar surface area (TPSA) is 40.7 Å². The van der Waals surface area contributed by atoms with Crippen molar-refractivity contribution in [2.45, 2.75) is 58.0 Å². The molecule has 90 valence electrons. The second-order valence-electron chi connectivity index (χ2n) is 4.92. The summed E-state index contributed by atoms with van der Waals surface area (Å²) in [5.74, 6) is 1.91. The quantitative estimate of drug-likeness (QED) is 0.820. The molecule has 0 spiro atoms. The van der Waals surface area contributed by atoms with E-state index in [4.69, 9.17) is 0 Å². The van der Waals surface area contributed by atoms with E-state index in [1.54, 1.807) is 0 Å². The fraction of sp³-hybridized carbons (Fsp3) is 0.769. The van der Waals surface area contributed by atoms with Gasteiger partial charge >= 0.3 is 0 Å². The van der Waals surface area contributed by atoms with E-state index in [-0.39, 0.29) is 0 Å². The third-order valence-electron chi connectivity index (χ3n) is 3.83. The van der Waals surface area contributed by atoms with Gasteiger partial charge in [-0.1, -0.05) is 26.2 Å². The Morgan fingerprint density at radius 3 is 3.00 bits per heavy atom. The highest BCUT2D eigenvalue weighted by Gasteiger charge is 2.25. The van der Waals surface area contributed by atoms with Gasteiger partial charge in [-0.05, 0) is 25.7 Å². The van der Waals surface area contributed by atoms with Crippen molar-refractivity contribution in [2.24, 2.45) is 5.92 Å². The Bertz CT molecular complexity index is 294. The lowest BCUT2D eigenvalue weighted by atomic mass is 9.82. The maximum Gasteiger partial charge on any atom is 0.122 e. The van der Waals surface area contributed by atoms with E-state index in [0.29, 0.717) is 12.1 Å². The largest absolute Gasteiger partial charge is 0.347 e. The zero-order valence-electron chi connectivity index (χ0n) is 10.4. The number of nitrogens with zero attached hydrogens (tertiary/aromatic N) is 1. The Morgan fingerprint density at radius 2 is 2.31 bits per heavy atom. The first-order chi connectivity index (χ1) is 7.81. The molecular weight excluding hydrogens is 198 g/mol. The molecule has 1 fully saturated rings. The Labute approximate surface area is 98.1 Å². The number of hydrogen-bond donors (Lipinski definition) is 2. The lowest BCUT2D eigenvalue weighted by Gasteiger charge is -2.33. The molecule has 1 heterocycles. The minimum atomic E-state index is 0.340. The van der Waals surface area contributed by atoms with Crippen molar-refractivity contribution >= 4 is 0 Å². The van der Waals surface area contributed by atoms with Crippen molar-refractivity contribution in [2.75, 3.05) is 0 Å². The van der Waals surface area contributed by atoms with E-state index >= 15 is 0 Å². The monoisotopic (exact) mass is 221 g/mol. The van der Waals surface area contributed by atoms with Crippen LogP contribution in [0.4, 0.5) is 0 Å². The van der Waals surface area contributed by atoms with Crippen LogP contribution in [0.25, 0.3) is 0 Å². The second kappa shape index (κ2) is 5.48. The summed E-state index contributed by atoms with van der Waals surface area (Å²) < 4.78 is 0. The predicted molar refractivity (Wildman–Crippen MR) is 66.2 cm³/mol. The average molecular weight is 221 g/mol. The Balaban J connectivity index is 1.92. The molecule has 16 heavy (non-hydrogen) atoms. The van der Waals surface area contributed by atoms with Crippen LogP contribution in [0.5, 0.6) is 0 Å². The van der Waals surface area contributed by atoms with Gasteiger partial charge in [-0.2, -0.15) is 0 Å². The number of aromatic amines is 1. The van der Waals surface area contributed by atoms with Gasteiger partial charge in [-0.25, -0.2) is 4.98 Å². The molecule has 1 saturated carbocycles. The number of hydrogen-bond acceptors (Lipinski definition) is 2. The Kier molecular flexibility index (Phi) is 3.99. The highest BCUT2D eigenvalue weighted by Crippen LogP contribution is 2.28. The maximum atomic E-state index is 4.31. The summed E-state index contributed by atoms with van der Waals surface area (Å²) in [6.45, 7) is 4.50. The first-order valence-corrected chi connectivity index (χ1v) is 6.56. The number of aromatic nitrogens is 2. The van der Waals surface area contributed by atoms with E-state index in [1.165, 1.54) is 32.1 Å². The molecule has 3 atom stereocenters. The fourth-order valence-electron chi connectivity index (χ4n) is 2.83.